The minimum Gasteiger partial charge on any atom is -0.481 e. The van der Waals surface area contributed by atoms with Crippen molar-refractivity contribution >= 4 is 11.5 Å². The van der Waals surface area contributed by atoms with Crippen molar-refractivity contribution in [3.63, 3.8) is 0 Å². The zero-order valence-corrected chi connectivity index (χ0v) is 9.23. The quantitative estimate of drug-likeness (QED) is 0.841. The number of hydrogen-bond acceptors (Lipinski definition) is 1. The summed E-state index contributed by atoms with van der Waals surface area (Å²) < 4.78 is 0. The molecule has 1 unspecified atom stereocenters. The second-order valence-corrected chi connectivity index (χ2v) is 4.25. The minimum absolute atomic E-state index is 0.189. The van der Waals surface area contributed by atoms with Crippen LogP contribution in [0, 0.1) is 5.92 Å². The summed E-state index contributed by atoms with van der Waals surface area (Å²) in [5.74, 6) is -0.512. The Morgan fingerprint density at radius 3 is 2.75 bits per heavy atom. The first kappa shape index (κ1) is 10.9. The van der Waals surface area contributed by atoms with Crippen LogP contribution < -0.4 is 0 Å². The van der Waals surface area contributed by atoms with Crippen LogP contribution in [0.15, 0.2) is 36.4 Å². The van der Waals surface area contributed by atoms with Crippen LogP contribution in [-0.2, 0) is 4.79 Å². The van der Waals surface area contributed by atoms with E-state index < -0.39 is 5.97 Å². The van der Waals surface area contributed by atoms with Gasteiger partial charge < -0.3 is 5.11 Å². The monoisotopic (exact) mass is 216 g/mol. The van der Waals surface area contributed by atoms with E-state index >= 15 is 0 Å². The molecule has 0 aromatic heterocycles. The molecule has 1 aliphatic rings. The summed E-state index contributed by atoms with van der Waals surface area (Å²) in [6.45, 7) is 0. The molecule has 0 aliphatic heterocycles. The smallest absolute Gasteiger partial charge is 0.303 e. The van der Waals surface area contributed by atoms with Gasteiger partial charge in [-0.15, -0.1) is 0 Å². The number of benzene rings is 1. The van der Waals surface area contributed by atoms with E-state index in [1.54, 1.807) is 0 Å². The normalized spacial score (nSPS) is 20.2. The van der Waals surface area contributed by atoms with Gasteiger partial charge in [0.05, 0.1) is 6.42 Å². The van der Waals surface area contributed by atoms with Gasteiger partial charge in [-0.2, -0.15) is 0 Å². The Balaban J connectivity index is 2.23. The Morgan fingerprint density at radius 2 is 2.06 bits per heavy atom. The molecule has 2 heteroatoms. The Morgan fingerprint density at radius 1 is 1.31 bits per heavy atom. The van der Waals surface area contributed by atoms with E-state index in [4.69, 9.17) is 5.11 Å². The lowest BCUT2D eigenvalue weighted by Gasteiger charge is -2.23. The van der Waals surface area contributed by atoms with Crippen molar-refractivity contribution in [2.75, 3.05) is 0 Å². The summed E-state index contributed by atoms with van der Waals surface area (Å²) in [4.78, 5) is 10.8. The van der Waals surface area contributed by atoms with Crippen molar-refractivity contribution in [3.8, 4) is 0 Å². The van der Waals surface area contributed by atoms with Crippen LogP contribution in [0.25, 0.3) is 5.57 Å². The van der Waals surface area contributed by atoms with Gasteiger partial charge in [0.1, 0.15) is 0 Å². The molecule has 2 nitrogen and oxygen atoms in total. The number of carbonyl (C=O) groups is 1. The Hall–Kier alpha value is -1.57. The lowest BCUT2D eigenvalue weighted by Crippen LogP contribution is -2.12. The third-order valence-corrected chi connectivity index (χ3v) is 3.09. The van der Waals surface area contributed by atoms with Crippen LogP contribution in [0.2, 0.25) is 0 Å². The van der Waals surface area contributed by atoms with Gasteiger partial charge in [0.25, 0.3) is 0 Å². The Labute approximate surface area is 95.6 Å². The zero-order valence-electron chi connectivity index (χ0n) is 9.23. The fourth-order valence-electron chi connectivity index (χ4n) is 2.35. The van der Waals surface area contributed by atoms with Crippen LogP contribution in [0.1, 0.15) is 31.2 Å². The van der Waals surface area contributed by atoms with Crippen LogP contribution >= 0.6 is 0 Å². The number of carboxylic acid groups (broad SMARTS) is 1. The van der Waals surface area contributed by atoms with Crippen molar-refractivity contribution in [2.45, 2.75) is 25.7 Å². The molecule has 0 heterocycles. The van der Waals surface area contributed by atoms with E-state index in [0.29, 0.717) is 0 Å². The van der Waals surface area contributed by atoms with Gasteiger partial charge in [-0.1, -0.05) is 36.4 Å². The third-order valence-electron chi connectivity index (χ3n) is 3.09. The van der Waals surface area contributed by atoms with Gasteiger partial charge in [0.2, 0.25) is 0 Å². The molecule has 0 bridgehead atoms. The van der Waals surface area contributed by atoms with Gasteiger partial charge in [-0.3, -0.25) is 4.79 Å². The standard InChI is InChI=1S/C14H16O2/c15-14(16)10-12-8-4-5-9-13(12)11-6-2-1-3-7-11/h1-3,6-7,9,12H,4-5,8,10H2,(H,15,16). The fourth-order valence-corrected chi connectivity index (χ4v) is 2.35. The maximum atomic E-state index is 10.8. The second kappa shape index (κ2) is 4.97. The largest absolute Gasteiger partial charge is 0.481 e. The summed E-state index contributed by atoms with van der Waals surface area (Å²) in [5, 5.41) is 8.90. The molecule has 0 saturated carbocycles. The molecular formula is C14H16O2. The first-order valence-corrected chi connectivity index (χ1v) is 5.74. The van der Waals surface area contributed by atoms with Gasteiger partial charge in [-0.05, 0) is 36.3 Å². The highest BCUT2D eigenvalue weighted by atomic mass is 16.4. The topological polar surface area (TPSA) is 37.3 Å². The summed E-state index contributed by atoms with van der Waals surface area (Å²) in [6, 6.07) is 10.1. The van der Waals surface area contributed by atoms with E-state index in [1.807, 2.05) is 18.2 Å². The average Bonchev–Trinajstić information content (AvgIpc) is 2.30. The van der Waals surface area contributed by atoms with Crippen molar-refractivity contribution < 1.29 is 9.90 Å². The average molecular weight is 216 g/mol. The highest BCUT2D eigenvalue weighted by molar-refractivity contribution is 5.75. The van der Waals surface area contributed by atoms with Gasteiger partial charge in [-0.25, -0.2) is 0 Å². The zero-order chi connectivity index (χ0) is 11.4. The SMILES string of the molecule is O=C(O)CC1CCCC=C1c1ccccc1. The van der Waals surface area contributed by atoms with Crippen molar-refractivity contribution in [3.05, 3.63) is 42.0 Å². The molecule has 0 amide bonds. The maximum Gasteiger partial charge on any atom is 0.303 e. The molecule has 0 spiro atoms. The molecule has 84 valence electrons. The highest BCUT2D eigenvalue weighted by Gasteiger charge is 2.21. The van der Waals surface area contributed by atoms with Crippen LogP contribution in [0.3, 0.4) is 0 Å². The lowest BCUT2D eigenvalue weighted by molar-refractivity contribution is -0.137. The molecule has 1 N–H and O–H groups in total. The minimum atomic E-state index is -0.700. The summed E-state index contributed by atoms with van der Waals surface area (Å²) in [6.07, 6.45) is 5.62. The molecule has 1 atom stereocenters. The molecule has 0 radical (unpaired) electrons. The van der Waals surface area contributed by atoms with E-state index in [0.717, 1.165) is 19.3 Å². The van der Waals surface area contributed by atoms with Gasteiger partial charge in [0, 0.05) is 0 Å². The summed E-state index contributed by atoms with van der Waals surface area (Å²) >= 11 is 0. The number of aliphatic carboxylic acids is 1. The van der Waals surface area contributed by atoms with E-state index in [2.05, 4.69) is 18.2 Å². The van der Waals surface area contributed by atoms with E-state index in [-0.39, 0.29) is 12.3 Å². The van der Waals surface area contributed by atoms with E-state index in [9.17, 15) is 4.79 Å². The molecule has 2 rings (SSSR count). The predicted molar refractivity (Wildman–Crippen MR) is 64.0 cm³/mol. The molecule has 1 aliphatic carbocycles. The molecule has 16 heavy (non-hydrogen) atoms. The maximum absolute atomic E-state index is 10.8. The number of carboxylic acids is 1. The van der Waals surface area contributed by atoms with Crippen molar-refractivity contribution in [1.29, 1.82) is 0 Å². The Kier molecular flexibility index (Phi) is 3.40. The predicted octanol–water partition coefficient (Wildman–Crippen LogP) is 3.34. The van der Waals surface area contributed by atoms with Crippen LogP contribution in [-0.4, -0.2) is 11.1 Å². The van der Waals surface area contributed by atoms with E-state index in [1.165, 1.54) is 11.1 Å². The summed E-state index contributed by atoms with van der Waals surface area (Å²) in [5.41, 5.74) is 2.39. The first-order valence-electron chi connectivity index (χ1n) is 5.74. The van der Waals surface area contributed by atoms with Crippen LogP contribution in [0.5, 0.6) is 0 Å². The lowest BCUT2D eigenvalue weighted by atomic mass is 9.82. The van der Waals surface area contributed by atoms with Gasteiger partial charge >= 0.3 is 5.97 Å². The Bertz CT molecular complexity index is 392. The molecule has 0 saturated heterocycles. The van der Waals surface area contributed by atoms with Gasteiger partial charge in [0.15, 0.2) is 0 Å². The molecule has 0 fully saturated rings. The second-order valence-electron chi connectivity index (χ2n) is 4.25. The molecule has 1 aromatic carbocycles. The fraction of sp³-hybridized carbons (Fsp3) is 0.357. The van der Waals surface area contributed by atoms with Crippen LogP contribution in [0.4, 0.5) is 0 Å². The molecular weight excluding hydrogens is 200 g/mol. The summed E-state index contributed by atoms with van der Waals surface area (Å²) in [7, 11) is 0. The first-order chi connectivity index (χ1) is 7.77. The number of allylic oxidation sites excluding steroid dienone is 2. The van der Waals surface area contributed by atoms with Crippen molar-refractivity contribution in [1.82, 2.24) is 0 Å². The van der Waals surface area contributed by atoms with Crippen molar-refractivity contribution in [2.24, 2.45) is 5.92 Å². The molecule has 1 aromatic rings. The highest BCUT2D eigenvalue weighted by Crippen LogP contribution is 2.34. The number of hydrogen-bond donors (Lipinski definition) is 1. The number of rotatable bonds is 3. The third kappa shape index (κ3) is 2.51.